The van der Waals surface area contributed by atoms with Gasteiger partial charge in [0.2, 0.25) is 0 Å². The van der Waals surface area contributed by atoms with Crippen molar-refractivity contribution in [3.63, 3.8) is 0 Å². The highest BCUT2D eigenvalue weighted by atomic mass is 16.2. The van der Waals surface area contributed by atoms with Crippen LogP contribution >= 0.6 is 0 Å². The number of carbonyl (C=O) groups excluding carboxylic acids is 1. The molecule has 3 nitrogen and oxygen atoms in total. The number of carbonyl (C=O) groups is 1. The summed E-state index contributed by atoms with van der Waals surface area (Å²) in [5.74, 6) is 5.51. The molecule has 112 valence electrons. The van der Waals surface area contributed by atoms with Crippen molar-refractivity contribution in [1.29, 1.82) is 0 Å². The van der Waals surface area contributed by atoms with Crippen molar-refractivity contribution < 1.29 is 9.90 Å². The molecule has 0 spiro atoms. The molecule has 0 unspecified atom stereocenters. The molecule has 0 aromatic heterocycles. The average molecular weight is 285 g/mol. The molecule has 2 N–H and O–H groups in total. The third-order valence-corrected chi connectivity index (χ3v) is 3.99. The predicted octanol–water partition coefficient (Wildman–Crippen LogP) is 2.79. The van der Waals surface area contributed by atoms with Gasteiger partial charge in [-0.25, -0.2) is 0 Å². The van der Waals surface area contributed by atoms with Crippen LogP contribution in [0.2, 0.25) is 0 Å². The number of hydrogen-bond acceptors (Lipinski definition) is 2. The summed E-state index contributed by atoms with van der Waals surface area (Å²) in [6.45, 7) is 1.78. The van der Waals surface area contributed by atoms with Gasteiger partial charge in [0, 0.05) is 17.2 Å². The van der Waals surface area contributed by atoms with Crippen molar-refractivity contribution in [2.45, 2.75) is 51.5 Å². The van der Waals surface area contributed by atoms with Gasteiger partial charge in [-0.15, -0.1) is 0 Å². The van der Waals surface area contributed by atoms with Crippen LogP contribution in [0.3, 0.4) is 0 Å². The van der Waals surface area contributed by atoms with Crippen LogP contribution in [0, 0.1) is 18.8 Å². The Bertz CT molecular complexity index is 546. The second-order valence-electron chi connectivity index (χ2n) is 5.65. The van der Waals surface area contributed by atoms with Crippen LogP contribution in [0.15, 0.2) is 18.2 Å². The molecule has 3 heteroatoms. The fourth-order valence-corrected chi connectivity index (χ4v) is 2.73. The Hall–Kier alpha value is -1.79. The van der Waals surface area contributed by atoms with Crippen molar-refractivity contribution in [1.82, 2.24) is 5.32 Å². The third-order valence-electron chi connectivity index (χ3n) is 3.99. The van der Waals surface area contributed by atoms with Gasteiger partial charge in [0.1, 0.15) is 6.61 Å². The maximum Gasteiger partial charge on any atom is 0.251 e. The molecule has 0 aliphatic heterocycles. The Morgan fingerprint density at radius 1 is 1.29 bits per heavy atom. The number of rotatable bonds is 2. The van der Waals surface area contributed by atoms with Crippen molar-refractivity contribution in [2.24, 2.45) is 0 Å². The van der Waals surface area contributed by atoms with Crippen LogP contribution in [0.1, 0.15) is 60.0 Å². The summed E-state index contributed by atoms with van der Waals surface area (Å²) >= 11 is 0. The van der Waals surface area contributed by atoms with E-state index in [1.807, 2.05) is 25.1 Å². The zero-order valence-electron chi connectivity index (χ0n) is 12.6. The fraction of sp³-hybridized carbons (Fsp3) is 0.500. The van der Waals surface area contributed by atoms with Crippen LogP contribution in [0.25, 0.3) is 0 Å². The van der Waals surface area contributed by atoms with E-state index < -0.39 is 0 Å². The summed E-state index contributed by atoms with van der Waals surface area (Å²) in [5, 5.41) is 11.9. The maximum atomic E-state index is 12.4. The summed E-state index contributed by atoms with van der Waals surface area (Å²) in [6.07, 6.45) is 7.11. The molecule has 0 radical (unpaired) electrons. The zero-order chi connectivity index (χ0) is 15.1. The van der Waals surface area contributed by atoms with Crippen LogP contribution in [-0.4, -0.2) is 23.7 Å². The second-order valence-corrected chi connectivity index (χ2v) is 5.65. The van der Waals surface area contributed by atoms with E-state index in [0.717, 1.165) is 24.0 Å². The first kappa shape index (κ1) is 15.6. The normalized spacial score (nSPS) is 15.7. The van der Waals surface area contributed by atoms with Crippen LogP contribution < -0.4 is 5.32 Å². The lowest BCUT2D eigenvalue weighted by Crippen LogP contribution is -2.34. The van der Waals surface area contributed by atoms with Crippen LogP contribution in [-0.2, 0) is 0 Å². The smallest absolute Gasteiger partial charge is 0.251 e. The van der Waals surface area contributed by atoms with Gasteiger partial charge in [-0.1, -0.05) is 43.6 Å². The van der Waals surface area contributed by atoms with E-state index in [1.54, 1.807) is 0 Å². The van der Waals surface area contributed by atoms with E-state index in [4.69, 9.17) is 5.11 Å². The number of hydrogen-bond donors (Lipinski definition) is 2. The second kappa shape index (κ2) is 7.85. The summed E-state index contributed by atoms with van der Waals surface area (Å²) in [6, 6.07) is 5.85. The van der Waals surface area contributed by atoms with Gasteiger partial charge in [-0.05, 0) is 37.5 Å². The van der Waals surface area contributed by atoms with Crippen LogP contribution in [0.5, 0.6) is 0 Å². The summed E-state index contributed by atoms with van der Waals surface area (Å²) in [7, 11) is 0. The number of aliphatic hydroxyl groups excluding tert-OH is 1. The minimum atomic E-state index is -0.169. The number of aryl methyl sites for hydroxylation is 1. The number of aliphatic hydroxyl groups is 1. The number of nitrogens with one attached hydrogen (secondary N) is 1. The first-order valence-corrected chi connectivity index (χ1v) is 7.72. The Balaban J connectivity index is 2.07. The SMILES string of the molecule is Cc1ccc(C(=O)NC2CCCCCC2)cc1C#CCO. The molecule has 0 atom stereocenters. The highest BCUT2D eigenvalue weighted by Gasteiger charge is 2.16. The maximum absolute atomic E-state index is 12.4. The Kier molecular flexibility index (Phi) is 5.83. The van der Waals surface area contributed by atoms with E-state index in [-0.39, 0.29) is 12.5 Å². The largest absolute Gasteiger partial charge is 0.384 e. The lowest BCUT2D eigenvalue weighted by molar-refractivity contribution is 0.0933. The van der Waals surface area contributed by atoms with Crippen molar-refractivity contribution in [2.75, 3.05) is 6.61 Å². The van der Waals surface area contributed by atoms with Crippen molar-refractivity contribution >= 4 is 5.91 Å². The molecule has 0 heterocycles. The van der Waals surface area contributed by atoms with E-state index in [9.17, 15) is 4.79 Å². The molecular formula is C18H23NO2. The molecule has 1 amide bonds. The minimum absolute atomic E-state index is 0.0195. The molecule has 1 aromatic rings. The molecule has 1 aliphatic rings. The monoisotopic (exact) mass is 285 g/mol. The molecule has 1 aliphatic carbocycles. The van der Waals surface area contributed by atoms with Gasteiger partial charge >= 0.3 is 0 Å². The number of benzene rings is 1. The van der Waals surface area contributed by atoms with E-state index in [2.05, 4.69) is 17.2 Å². The van der Waals surface area contributed by atoms with Crippen molar-refractivity contribution in [3.05, 3.63) is 34.9 Å². The Labute approximate surface area is 126 Å². The van der Waals surface area contributed by atoms with Gasteiger partial charge in [0.15, 0.2) is 0 Å². The summed E-state index contributed by atoms with van der Waals surface area (Å²) in [4.78, 5) is 12.4. The molecule has 1 saturated carbocycles. The van der Waals surface area contributed by atoms with Crippen LogP contribution in [0.4, 0.5) is 0 Å². The zero-order valence-corrected chi connectivity index (χ0v) is 12.6. The highest BCUT2D eigenvalue weighted by molar-refractivity contribution is 5.94. The number of amides is 1. The molecule has 21 heavy (non-hydrogen) atoms. The standard InChI is InChI=1S/C18H23NO2/c1-14-10-11-16(13-15(14)7-6-12-20)18(21)19-17-8-4-2-3-5-9-17/h10-11,13,17,20H,2-5,8-9,12H2,1H3,(H,19,21). The quantitative estimate of drug-likeness (QED) is 0.648. The average Bonchev–Trinajstić information content (AvgIpc) is 2.75. The van der Waals surface area contributed by atoms with E-state index >= 15 is 0 Å². The van der Waals surface area contributed by atoms with Gasteiger partial charge in [-0.3, -0.25) is 4.79 Å². The molecule has 2 rings (SSSR count). The van der Waals surface area contributed by atoms with Crippen molar-refractivity contribution in [3.8, 4) is 11.8 Å². The molecule has 1 aromatic carbocycles. The topological polar surface area (TPSA) is 49.3 Å². The Morgan fingerprint density at radius 3 is 2.67 bits per heavy atom. The predicted molar refractivity (Wildman–Crippen MR) is 84.1 cm³/mol. The van der Waals surface area contributed by atoms with Gasteiger partial charge in [-0.2, -0.15) is 0 Å². The fourth-order valence-electron chi connectivity index (χ4n) is 2.73. The van der Waals surface area contributed by atoms with Gasteiger partial charge < -0.3 is 10.4 Å². The molecular weight excluding hydrogens is 262 g/mol. The van der Waals surface area contributed by atoms with Gasteiger partial charge in [0.05, 0.1) is 0 Å². The Morgan fingerprint density at radius 2 is 2.00 bits per heavy atom. The van der Waals surface area contributed by atoms with E-state index in [0.29, 0.717) is 11.6 Å². The minimum Gasteiger partial charge on any atom is -0.384 e. The summed E-state index contributed by atoms with van der Waals surface area (Å²) < 4.78 is 0. The highest BCUT2D eigenvalue weighted by Crippen LogP contribution is 2.18. The lowest BCUT2D eigenvalue weighted by Gasteiger charge is -2.16. The van der Waals surface area contributed by atoms with Gasteiger partial charge in [0.25, 0.3) is 5.91 Å². The molecule has 1 fully saturated rings. The third kappa shape index (κ3) is 4.61. The molecule has 0 saturated heterocycles. The first-order chi connectivity index (χ1) is 10.2. The molecule has 0 bridgehead atoms. The first-order valence-electron chi connectivity index (χ1n) is 7.72. The van der Waals surface area contributed by atoms with E-state index in [1.165, 1.54) is 25.7 Å². The lowest BCUT2D eigenvalue weighted by atomic mass is 10.0. The summed E-state index contributed by atoms with van der Waals surface area (Å²) in [5.41, 5.74) is 2.46.